The Kier molecular flexibility index (Phi) is 5.03. The number of carbonyl (C=O) groups excluding carboxylic acids is 1. The summed E-state index contributed by atoms with van der Waals surface area (Å²) in [6, 6.07) is 0.637. The molecule has 0 radical (unpaired) electrons. The summed E-state index contributed by atoms with van der Waals surface area (Å²) in [6.07, 6.45) is 3.80. The van der Waals surface area contributed by atoms with Crippen LogP contribution in [-0.4, -0.2) is 74.5 Å². The molecule has 0 bridgehead atoms. The van der Waals surface area contributed by atoms with Gasteiger partial charge in [0.1, 0.15) is 5.70 Å². The number of carboxylic acids is 1. The van der Waals surface area contributed by atoms with E-state index in [0.29, 0.717) is 17.3 Å². The van der Waals surface area contributed by atoms with Crippen LogP contribution in [0.3, 0.4) is 0 Å². The topological polar surface area (TPSA) is 107 Å². The molecule has 1 aliphatic carbocycles. The van der Waals surface area contributed by atoms with Gasteiger partial charge in [-0.1, -0.05) is 13.3 Å². The molecule has 0 aromatic carbocycles. The van der Waals surface area contributed by atoms with Crippen molar-refractivity contribution in [1.82, 2.24) is 9.80 Å². The fourth-order valence-corrected chi connectivity index (χ4v) is 6.78. The van der Waals surface area contributed by atoms with Crippen molar-refractivity contribution in [2.45, 2.75) is 69.0 Å². The fraction of sp³-hybridized carbons (Fsp3) is 0.789. The number of nitrogens with two attached hydrogens (primary N) is 1. The molecule has 7 nitrogen and oxygen atoms in total. The Hall–Kier alpha value is -1.09. The van der Waals surface area contributed by atoms with Gasteiger partial charge in [0.15, 0.2) is 0 Å². The van der Waals surface area contributed by atoms with Crippen molar-refractivity contribution in [1.29, 1.82) is 0 Å². The number of thioether (sulfide) groups is 1. The van der Waals surface area contributed by atoms with Crippen LogP contribution in [0.2, 0.25) is 0 Å². The molecule has 4 N–H and O–H groups in total. The van der Waals surface area contributed by atoms with Crippen molar-refractivity contribution in [2.75, 3.05) is 13.1 Å². The number of carbonyl (C=O) groups is 2. The van der Waals surface area contributed by atoms with E-state index in [1.165, 1.54) is 17.7 Å². The minimum atomic E-state index is -1.04. The van der Waals surface area contributed by atoms with Crippen LogP contribution >= 0.6 is 11.8 Å². The number of nitrogens with zero attached hydrogens (tertiary/aromatic N) is 2. The number of rotatable bonds is 5. The number of aliphatic hydroxyl groups excluding tert-OH is 1. The predicted octanol–water partition coefficient (Wildman–Crippen LogP) is 0.827. The molecule has 27 heavy (non-hydrogen) atoms. The second kappa shape index (κ2) is 7.06. The van der Waals surface area contributed by atoms with E-state index in [1.807, 2.05) is 6.92 Å². The van der Waals surface area contributed by atoms with E-state index in [1.54, 1.807) is 18.7 Å². The maximum absolute atomic E-state index is 12.4. The van der Waals surface area contributed by atoms with Gasteiger partial charge in [-0.2, -0.15) is 0 Å². The van der Waals surface area contributed by atoms with Gasteiger partial charge >= 0.3 is 5.97 Å². The zero-order valence-electron chi connectivity index (χ0n) is 15.9. The van der Waals surface area contributed by atoms with E-state index in [0.717, 1.165) is 30.8 Å². The van der Waals surface area contributed by atoms with Crippen molar-refractivity contribution in [2.24, 2.45) is 17.6 Å². The third-order valence-electron chi connectivity index (χ3n) is 6.68. The predicted molar refractivity (Wildman–Crippen MR) is 103 cm³/mol. The maximum atomic E-state index is 12.4. The molecule has 0 aromatic heterocycles. The highest BCUT2D eigenvalue weighted by Gasteiger charge is 2.60. The number of carboxylic acid groups (broad SMARTS) is 1. The van der Waals surface area contributed by atoms with Gasteiger partial charge in [0.2, 0.25) is 5.91 Å². The van der Waals surface area contributed by atoms with E-state index in [4.69, 9.17) is 5.73 Å². The molecule has 2 saturated heterocycles. The molecule has 4 rings (SSSR count). The lowest BCUT2D eigenvalue weighted by Crippen LogP contribution is -2.63. The van der Waals surface area contributed by atoms with Gasteiger partial charge in [-0.3, -0.25) is 9.69 Å². The van der Waals surface area contributed by atoms with Gasteiger partial charge in [-0.15, -0.1) is 11.8 Å². The van der Waals surface area contributed by atoms with Gasteiger partial charge in [0, 0.05) is 41.2 Å². The highest BCUT2D eigenvalue weighted by molar-refractivity contribution is 8.03. The minimum Gasteiger partial charge on any atom is -0.477 e. The van der Waals surface area contributed by atoms with Crippen LogP contribution in [0.15, 0.2) is 10.6 Å². The average molecular weight is 396 g/mol. The summed E-state index contributed by atoms with van der Waals surface area (Å²) >= 11 is 1.62. The van der Waals surface area contributed by atoms with Crippen molar-refractivity contribution >= 4 is 23.6 Å². The van der Waals surface area contributed by atoms with Gasteiger partial charge in [-0.25, -0.2) is 4.79 Å². The number of β-lactam (4-membered cyclic amide) rings is 1. The molecular weight excluding hydrogens is 366 g/mol. The van der Waals surface area contributed by atoms with Crippen LogP contribution in [0.25, 0.3) is 0 Å². The SMILES string of the molecule is CC(O)[C@H]1C(=O)N2C(C(=O)O)=C(SC3CN([C@@H]4CCC[C@H](N)C4)C3)[C@H](C)[C@H]12. The highest BCUT2D eigenvalue weighted by atomic mass is 32.2. The molecule has 1 unspecified atom stereocenters. The molecule has 3 fully saturated rings. The molecule has 3 aliphatic heterocycles. The Balaban J connectivity index is 1.43. The first-order valence-corrected chi connectivity index (χ1v) is 10.8. The lowest BCUT2D eigenvalue weighted by Gasteiger charge is -2.47. The number of hydrogen-bond acceptors (Lipinski definition) is 6. The molecule has 0 spiro atoms. The Morgan fingerprint density at radius 1 is 1.33 bits per heavy atom. The van der Waals surface area contributed by atoms with Crippen LogP contribution in [0.1, 0.15) is 39.5 Å². The third-order valence-corrected chi connectivity index (χ3v) is 8.14. The summed E-state index contributed by atoms with van der Waals surface area (Å²) in [5, 5.41) is 20.0. The smallest absolute Gasteiger partial charge is 0.353 e. The zero-order chi connectivity index (χ0) is 19.5. The summed E-state index contributed by atoms with van der Waals surface area (Å²) in [5.74, 6) is -1.84. The van der Waals surface area contributed by atoms with Crippen LogP contribution in [0.4, 0.5) is 0 Å². The first-order chi connectivity index (χ1) is 12.8. The van der Waals surface area contributed by atoms with Gasteiger partial charge in [0.25, 0.3) is 0 Å². The molecule has 1 saturated carbocycles. The second-order valence-corrected chi connectivity index (χ2v) is 9.89. The molecule has 4 aliphatic rings. The number of fused-ring (bicyclic) bond motifs is 1. The third kappa shape index (κ3) is 3.10. The highest BCUT2D eigenvalue weighted by Crippen LogP contribution is 2.52. The Bertz CT molecular complexity index is 676. The molecule has 6 atom stereocenters. The molecule has 150 valence electrons. The van der Waals surface area contributed by atoms with Gasteiger partial charge < -0.3 is 20.8 Å². The summed E-state index contributed by atoms with van der Waals surface area (Å²) < 4.78 is 0. The van der Waals surface area contributed by atoms with Crippen LogP contribution < -0.4 is 5.73 Å². The molecule has 8 heteroatoms. The largest absolute Gasteiger partial charge is 0.477 e. The van der Waals surface area contributed by atoms with E-state index in [2.05, 4.69) is 4.90 Å². The van der Waals surface area contributed by atoms with Crippen molar-refractivity contribution < 1.29 is 19.8 Å². The number of amides is 1. The Labute approximate surface area is 163 Å². The van der Waals surface area contributed by atoms with E-state index < -0.39 is 18.0 Å². The quantitative estimate of drug-likeness (QED) is 0.592. The van der Waals surface area contributed by atoms with E-state index >= 15 is 0 Å². The van der Waals surface area contributed by atoms with E-state index in [-0.39, 0.29) is 23.6 Å². The van der Waals surface area contributed by atoms with Gasteiger partial charge in [0.05, 0.1) is 18.1 Å². The van der Waals surface area contributed by atoms with Crippen LogP contribution in [0.5, 0.6) is 0 Å². The van der Waals surface area contributed by atoms with Crippen molar-refractivity contribution in [3.63, 3.8) is 0 Å². The summed E-state index contributed by atoms with van der Waals surface area (Å²) in [4.78, 5) is 28.9. The average Bonchev–Trinajstić information content (AvgIpc) is 2.79. The number of aliphatic carboxylic acids is 1. The number of hydrogen-bond donors (Lipinski definition) is 3. The Morgan fingerprint density at radius 2 is 2.04 bits per heavy atom. The molecule has 3 heterocycles. The normalized spacial score (nSPS) is 38.4. The minimum absolute atomic E-state index is 0.0458. The lowest BCUT2D eigenvalue weighted by atomic mass is 9.79. The standard InChI is InChI=1S/C19H29N3O4S/c1-9-15-14(10(2)23)18(24)22(15)16(19(25)26)17(9)27-13-7-21(8-13)12-5-3-4-11(20)6-12/h9-15,23H,3-8,20H2,1-2H3,(H,25,26)/t9-,10?,11+,12-,14-,15-/m1/s1. The monoisotopic (exact) mass is 395 g/mol. The summed E-state index contributed by atoms with van der Waals surface area (Å²) in [7, 11) is 0. The first-order valence-electron chi connectivity index (χ1n) is 9.94. The Morgan fingerprint density at radius 3 is 2.63 bits per heavy atom. The van der Waals surface area contributed by atoms with Crippen LogP contribution in [-0.2, 0) is 9.59 Å². The molecular formula is C19H29N3O4S. The van der Waals surface area contributed by atoms with Gasteiger partial charge in [-0.05, 0) is 26.2 Å². The fourth-order valence-electron chi connectivity index (χ4n) is 5.23. The molecule has 1 amide bonds. The number of aliphatic hydroxyl groups is 1. The maximum Gasteiger partial charge on any atom is 0.353 e. The summed E-state index contributed by atoms with van der Waals surface area (Å²) in [6.45, 7) is 5.48. The lowest BCUT2D eigenvalue weighted by molar-refractivity contribution is -0.163. The number of likely N-dealkylation sites (tertiary alicyclic amines) is 1. The summed E-state index contributed by atoms with van der Waals surface area (Å²) in [5.41, 5.74) is 6.24. The first kappa shape index (κ1) is 19.2. The zero-order valence-corrected chi connectivity index (χ0v) is 16.7. The van der Waals surface area contributed by atoms with Crippen molar-refractivity contribution in [3.05, 3.63) is 10.6 Å². The van der Waals surface area contributed by atoms with Crippen molar-refractivity contribution in [3.8, 4) is 0 Å². The van der Waals surface area contributed by atoms with Crippen LogP contribution in [0, 0.1) is 11.8 Å². The molecule has 0 aromatic rings. The van der Waals surface area contributed by atoms with E-state index in [9.17, 15) is 19.8 Å². The second-order valence-electron chi connectivity index (χ2n) is 8.55.